The number of hydrogen-bond donors (Lipinski definition) is 1. The average Bonchev–Trinajstić information content (AvgIpc) is 2.95. The molecule has 0 fully saturated rings. The number of ether oxygens (including phenoxy) is 1. The second-order valence-electron chi connectivity index (χ2n) is 6.20. The zero-order chi connectivity index (χ0) is 19.4. The van der Waals surface area contributed by atoms with Gasteiger partial charge in [-0.15, -0.1) is 0 Å². The molecule has 8 heteroatoms. The molecule has 1 heterocycles. The highest BCUT2D eigenvalue weighted by Crippen LogP contribution is 2.40. The molecule has 0 aromatic heterocycles. The molecule has 2 rings (SSSR count). The summed E-state index contributed by atoms with van der Waals surface area (Å²) in [7, 11) is 0. The molecule has 0 spiro atoms. The number of amides is 1. The van der Waals surface area contributed by atoms with Crippen LogP contribution in [-0.2, 0) is 16.9 Å². The Morgan fingerprint density at radius 2 is 1.92 bits per heavy atom. The number of nitrogens with zero attached hydrogens (tertiary/aromatic N) is 2. The Balaban J connectivity index is 2.28. The number of carbonyl (C=O) groups excluding carboxylic acids is 1. The van der Waals surface area contributed by atoms with Crippen LogP contribution in [0, 0.1) is 0 Å². The highest BCUT2D eigenvalue weighted by Gasteiger charge is 2.53. The summed E-state index contributed by atoms with van der Waals surface area (Å²) in [5, 5.41) is 14.5. The summed E-state index contributed by atoms with van der Waals surface area (Å²) < 4.78 is 43.9. The third-order valence-electron chi connectivity index (χ3n) is 4.24. The van der Waals surface area contributed by atoms with Crippen LogP contribution in [0.2, 0.25) is 0 Å². The Bertz CT molecular complexity index is 659. The minimum atomic E-state index is -4.74. The van der Waals surface area contributed by atoms with Crippen molar-refractivity contribution in [2.24, 2.45) is 5.10 Å². The molecular weight excluding hydrogens is 349 g/mol. The van der Waals surface area contributed by atoms with Gasteiger partial charge in [0.25, 0.3) is 0 Å². The van der Waals surface area contributed by atoms with Crippen LogP contribution in [0.3, 0.4) is 0 Å². The molecule has 1 aliphatic rings. The lowest BCUT2D eigenvalue weighted by atomic mass is 9.95. The molecule has 0 aliphatic carbocycles. The maximum Gasteiger partial charge on any atom is 0.433 e. The Kier molecular flexibility index (Phi) is 6.28. The van der Waals surface area contributed by atoms with E-state index < -0.39 is 30.1 Å². The van der Waals surface area contributed by atoms with Gasteiger partial charge in [0.15, 0.2) is 5.72 Å². The number of carbonyl (C=O) groups is 1. The van der Waals surface area contributed by atoms with Crippen LogP contribution in [0.4, 0.5) is 18.0 Å². The average molecular weight is 372 g/mol. The summed E-state index contributed by atoms with van der Waals surface area (Å²) in [4.78, 5) is 12.0. The number of hydrogen-bond acceptors (Lipinski definition) is 4. The molecule has 1 aliphatic heterocycles. The summed E-state index contributed by atoms with van der Waals surface area (Å²) in [6, 6.07) is 6.56. The number of aryl methyl sites for hydroxylation is 1. The standard InChI is InChI=1S/C18H23F3N2O3/c1-3-5-6-7-13-8-10-14(11-9-13)17(25)12-15(18(19,20)21)22-23(17)16(24)26-4-2/h8-11,25H,3-7,12H2,1-2H3/t17-/m1/s1. The first-order chi connectivity index (χ1) is 12.2. The van der Waals surface area contributed by atoms with Crippen molar-refractivity contribution in [3.63, 3.8) is 0 Å². The Labute approximate surface area is 150 Å². The molecule has 26 heavy (non-hydrogen) atoms. The van der Waals surface area contributed by atoms with Crippen LogP contribution in [0.15, 0.2) is 29.4 Å². The first-order valence-corrected chi connectivity index (χ1v) is 8.65. The van der Waals surface area contributed by atoms with Crippen LogP contribution in [0.5, 0.6) is 0 Å². The predicted molar refractivity (Wildman–Crippen MR) is 90.5 cm³/mol. The van der Waals surface area contributed by atoms with Crippen LogP contribution in [0.1, 0.15) is 50.7 Å². The van der Waals surface area contributed by atoms with Crippen LogP contribution >= 0.6 is 0 Å². The summed E-state index contributed by atoms with van der Waals surface area (Å²) in [5.41, 5.74) is -2.27. The van der Waals surface area contributed by atoms with E-state index in [9.17, 15) is 23.1 Å². The van der Waals surface area contributed by atoms with Gasteiger partial charge in [-0.3, -0.25) is 0 Å². The first-order valence-electron chi connectivity index (χ1n) is 8.65. The fourth-order valence-corrected chi connectivity index (χ4v) is 2.82. The Morgan fingerprint density at radius 3 is 2.46 bits per heavy atom. The minimum absolute atomic E-state index is 0.0430. The summed E-state index contributed by atoms with van der Waals surface area (Å²) >= 11 is 0. The van der Waals surface area contributed by atoms with E-state index in [0.717, 1.165) is 31.2 Å². The molecule has 0 bridgehead atoms. The van der Waals surface area contributed by atoms with Crippen molar-refractivity contribution < 1.29 is 27.8 Å². The third-order valence-corrected chi connectivity index (χ3v) is 4.24. The zero-order valence-electron chi connectivity index (χ0n) is 14.8. The number of halogens is 3. The fraction of sp³-hybridized carbons (Fsp3) is 0.556. The molecule has 0 saturated carbocycles. The number of unbranched alkanes of at least 4 members (excludes halogenated alkanes) is 2. The summed E-state index contributed by atoms with van der Waals surface area (Å²) in [6.07, 6.45) is -2.68. The van der Waals surface area contributed by atoms with Gasteiger partial charge in [-0.25, -0.2) is 4.79 Å². The van der Waals surface area contributed by atoms with E-state index in [1.54, 1.807) is 12.1 Å². The minimum Gasteiger partial charge on any atom is -0.448 e. The quantitative estimate of drug-likeness (QED) is 0.756. The number of benzene rings is 1. The van der Waals surface area contributed by atoms with Gasteiger partial charge in [-0.05, 0) is 25.3 Å². The second-order valence-corrected chi connectivity index (χ2v) is 6.20. The number of rotatable bonds is 6. The van der Waals surface area contributed by atoms with Gasteiger partial charge in [0.05, 0.1) is 13.0 Å². The number of hydrazone groups is 1. The number of alkyl halides is 3. The lowest BCUT2D eigenvalue weighted by Gasteiger charge is -2.30. The largest absolute Gasteiger partial charge is 0.448 e. The molecule has 1 atom stereocenters. The Hall–Kier alpha value is -2.09. The molecule has 0 unspecified atom stereocenters. The van der Waals surface area contributed by atoms with Crippen LogP contribution in [-0.4, -0.2) is 34.7 Å². The third kappa shape index (κ3) is 4.35. The highest BCUT2D eigenvalue weighted by atomic mass is 19.4. The molecule has 1 amide bonds. The maximum atomic E-state index is 13.1. The van der Waals surface area contributed by atoms with E-state index in [0.29, 0.717) is 5.01 Å². The molecule has 144 valence electrons. The smallest absolute Gasteiger partial charge is 0.433 e. The van der Waals surface area contributed by atoms with E-state index in [2.05, 4.69) is 12.0 Å². The van der Waals surface area contributed by atoms with Gasteiger partial charge in [0.2, 0.25) is 0 Å². The van der Waals surface area contributed by atoms with Crippen molar-refractivity contribution in [1.29, 1.82) is 0 Å². The lowest BCUT2D eigenvalue weighted by Crippen LogP contribution is -2.44. The normalized spacial score (nSPS) is 20.2. The topological polar surface area (TPSA) is 62.1 Å². The van der Waals surface area contributed by atoms with E-state index in [-0.39, 0.29) is 12.2 Å². The maximum absolute atomic E-state index is 13.1. The Morgan fingerprint density at radius 1 is 1.27 bits per heavy atom. The van der Waals surface area contributed by atoms with E-state index in [4.69, 9.17) is 4.74 Å². The first kappa shape index (κ1) is 20.2. The molecule has 1 aromatic carbocycles. The molecular formula is C18H23F3N2O3. The molecule has 5 nitrogen and oxygen atoms in total. The van der Waals surface area contributed by atoms with Crippen molar-refractivity contribution in [1.82, 2.24) is 5.01 Å². The zero-order valence-corrected chi connectivity index (χ0v) is 14.8. The van der Waals surface area contributed by atoms with Gasteiger partial charge < -0.3 is 9.84 Å². The van der Waals surface area contributed by atoms with Crippen LogP contribution in [0.25, 0.3) is 0 Å². The lowest BCUT2D eigenvalue weighted by molar-refractivity contribution is -0.0889. The predicted octanol–water partition coefficient (Wildman–Crippen LogP) is 4.34. The summed E-state index contributed by atoms with van der Waals surface area (Å²) in [6.45, 7) is 3.58. The molecule has 0 radical (unpaired) electrons. The van der Waals surface area contributed by atoms with Crippen molar-refractivity contribution in [2.75, 3.05) is 6.61 Å². The van der Waals surface area contributed by atoms with E-state index >= 15 is 0 Å². The molecule has 1 aromatic rings. The molecule has 1 N–H and O–H groups in total. The van der Waals surface area contributed by atoms with Crippen molar-refractivity contribution in [3.05, 3.63) is 35.4 Å². The fourth-order valence-electron chi connectivity index (χ4n) is 2.82. The molecule has 0 saturated heterocycles. The second kappa shape index (κ2) is 8.07. The highest BCUT2D eigenvalue weighted by molar-refractivity contribution is 5.93. The van der Waals surface area contributed by atoms with Crippen molar-refractivity contribution in [2.45, 2.75) is 57.9 Å². The van der Waals surface area contributed by atoms with Gasteiger partial charge in [0, 0.05) is 5.56 Å². The van der Waals surface area contributed by atoms with Crippen molar-refractivity contribution >= 4 is 11.8 Å². The van der Waals surface area contributed by atoms with E-state index in [1.807, 2.05) is 0 Å². The van der Waals surface area contributed by atoms with Gasteiger partial charge in [-0.1, -0.05) is 44.0 Å². The SMILES string of the molecule is CCCCCc1ccc([C@]2(O)CC(C(F)(F)F)=NN2C(=O)OCC)cc1. The van der Waals surface area contributed by atoms with E-state index in [1.165, 1.54) is 19.1 Å². The van der Waals surface area contributed by atoms with Crippen LogP contribution < -0.4 is 0 Å². The van der Waals surface area contributed by atoms with Crippen molar-refractivity contribution in [3.8, 4) is 0 Å². The van der Waals surface area contributed by atoms with Gasteiger partial charge in [-0.2, -0.15) is 23.3 Å². The number of aliphatic hydroxyl groups is 1. The van der Waals surface area contributed by atoms with Gasteiger partial charge >= 0.3 is 12.3 Å². The van der Waals surface area contributed by atoms with Gasteiger partial charge in [0.1, 0.15) is 5.71 Å². The summed E-state index contributed by atoms with van der Waals surface area (Å²) in [5.74, 6) is 0. The monoisotopic (exact) mass is 372 g/mol.